The highest BCUT2D eigenvalue weighted by Crippen LogP contribution is 2.17. The van der Waals surface area contributed by atoms with Crippen molar-refractivity contribution in [1.29, 1.82) is 0 Å². The van der Waals surface area contributed by atoms with E-state index >= 15 is 0 Å². The van der Waals surface area contributed by atoms with Crippen LogP contribution in [0.1, 0.15) is 32.9 Å². The Bertz CT molecular complexity index is 825. The Kier molecular flexibility index (Phi) is 6.59. The van der Waals surface area contributed by atoms with Crippen LogP contribution in [0.5, 0.6) is 0 Å². The SMILES string of the molecule is O=C(Nc1cccc(C(=O)N2CCN(CCN3CCCC3)CC2)c1)c1cccs1. The van der Waals surface area contributed by atoms with Crippen molar-refractivity contribution < 1.29 is 9.59 Å². The second-order valence-corrected chi connectivity index (χ2v) is 8.64. The first kappa shape index (κ1) is 20.1. The van der Waals surface area contributed by atoms with Crippen molar-refractivity contribution in [1.82, 2.24) is 14.7 Å². The van der Waals surface area contributed by atoms with Gasteiger partial charge < -0.3 is 15.1 Å². The van der Waals surface area contributed by atoms with Crippen molar-refractivity contribution in [2.75, 3.05) is 57.7 Å². The molecule has 0 radical (unpaired) electrons. The molecule has 0 atom stereocenters. The van der Waals surface area contributed by atoms with Gasteiger partial charge in [-0.1, -0.05) is 12.1 Å². The van der Waals surface area contributed by atoms with E-state index in [-0.39, 0.29) is 11.8 Å². The highest BCUT2D eigenvalue weighted by atomic mass is 32.1. The Balaban J connectivity index is 1.29. The summed E-state index contributed by atoms with van der Waals surface area (Å²) in [5, 5.41) is 4.76. The van der Waals surface area contributed by atoms with Crippen LogP contribution in [0.15, 0.2) is 41.8 Å². The molecule has 2 aliphatic rings. The molecule has 0 aliphatic carbocycles. The Labute approximate surface area is 176 Å². The van der Waals surface area contributed by atoms with Gasteiger partial charge in [0.1, 0.15) is 0 Å². The summed E-state index contributed by atoms with van der Waals surface area (Å²) in [5.41, 5.74) is 1.28. The van der Waals surface area contributed by atoms with Crippen molar-refractivity contribution in [2.45, 2.75) is 12.8 Å². The Morgan fingerprint density at radius 1 is 0.897 bits per heavy atom. The molecule has 0 unspecified atom stereocenters. The first-order chi connectivity index (χ1) is 14.2. The van der Waals surface area contributed by atoms with E-state index in [0.717, 1.165) is 39.3 Å². The summed E-state index contributed by atoms with van der Waals surface area (Å²) >= 11 is 1.40. The third kappa shape index (κ3) is 5.23. The number of hydrogen-bond donors (Lipinski definition) is 1. The van der Waals surface area contributed by atoms with Crippen LogP contribution in [0.25, 0.3) is 0 Å². The lowest BCUT2D eigenvalue weighted by Gasteiger charge is -2.35. The second kappa shape index (κ2) is 9.52. The van der Waals surface area contributed by atoms with Gasteiger partial charge in [0.15, 0.2) is 0 Å². The number of thiophene rings is 1. The average molecular weight is 413 g/mol. The molecule has 2 amide bonds. The van der Waals surface area contributed by atoms with Gasteiger partial charge in [-0.05, 0) is 55.6 Å². The van der Waals surface area contributed by atoms with Gasteiger partial charge in [-0.15, -0.1) is 11.3 Å². The van der Waals surface area contributed by atoms with E-state index in [1.807, 2.05) is 34.5 Å². The summed E-state index contributed by atoms with van der Waals surface area (Å²) in [4.78, 5) is 32.8. The predicted molar refractivity (Wildman–Crippen MR) is 117 cm³/mol. The zero-order valence-electron chi connectivity index (χ0n) is 16.7. The van der Waals surface area contributed by atoms with Gasteiger partial charge in [0, 0.05) is 50.5 Å². The maximum atomic E-state index is 12.9. The molecule has 3 heterocycles. The van der Waals surface area contributed by atoms with Crippen molar-refractivity contribution in [2.24, 2.45) is 0 Å². The number of carbonyl (C=O) groups excluding carboxylic acids is 2. The molecule has 29 heavy (non-hydrogen) atoms. The first-order valence-corrected chi connectivity index (χ1v) is 11.3. The molecule has 2 aliphatic heterocycles. The van der Waals surface area contributed by atoms with Crippen molar-refractivity contribution >= 4 is 28.8 Å². The van der Waals surface area contributed by atoms with Gasteiger partial charge >= 0.3 is 0 Å². The number of hydrogen-bond acceptors (Lipinski definition) is 5. The fourth-order valence-electron chi connectivity index (χ4n) is 3.98. The molecule has 0 spiro atoms. The summed E-state index contributed by atoms with van der Waals surface area (Å²) in [5.74, 6) is -0.104. The molecular weight excluding hydrogens is 384 g/mol. The maximum Gasteiger partial charge on any atom is 0.265 e. The zero-order valence-corrected chi connectivity index (χ0v) is 17.5. The van der Waals surface area contributed by atoms with Gasteiger partial charge in [0.2, 0.25) is 0 Å². The van der Waals surface area contributed by atoms with E-state index in [9.17, 15) is 9.59 Å². The normalized spacial score (nSPS) is 18.1. The molecule has 1 N–H and O–H groups in total. The molecule has 4 rings (SSSR count). The minimum absolute atomic E-state index is 0.0383. The number of anilines is 1. The number of piperazine rings is 1. The highest BCUT2D eigenvalue weighted by molar-refractivity contribution is 7.12. The number of nitrogens with zero attached hydrogens (tertiary/aromatic N) is 3. The van der Waals surface area contributed by atoms with E-state index in [0.29, 0.717) is 16.1 Å². The Morgan fingerprint density at radius 2 is 1.62 bits per heavy atom. The van der Waals surface area contributed by atoms with Gasteiger partial charge in [-0.2, -0.15) is 0 Å². The third-order valence-corrected chi connectivity index (χ3v) is 6.57. The Morgan fingerprint density at radius 3 is 2.31 bits per heavy atom. The molecule has 2 aromatic rings. The molecule has 7 heteroatoms. The topological polar surface area (TPSA) is 55.9 Å². The molecule has 1 aromatic heterocycles. The van der Waals surface area contributed by atoms with Crippen LogP contribution in [0.3, 0.4) is 0 Å². The van der Waals surface area contributed by atoms with Crippen LogP contribution in [-0.4, -0.2) is 78.9 Å². The fourth-order valence-corrected chi connectivity index (χ4v) is 4.60. The number of likely N-dealkylation sites (tertiary alicyclic amines) is 1. The molecule has 0 bridgehead atoms. The quantitative estimate of drug-likeness (QED) is 0.793. The molecular formula is C22H28N4O2S. The summed E-state index contributed by atoms with van der Waals surface area (Å²) in [6.07, 6.45) is 2.66. The highest BCUT2D eigenvalue weighted by Gasteiger charge is 2.23. The molecule has 6 nitrogen and oxygen atoms in total. The third-order valence-electron chi connectivity index (χ3n) is 5.70. The number of amides is 2. The molecule has 154 valence electrons. The lowest BCUT2D eigenvalue weighted by atomic mass is 10.1. The smallest absolute Gasteiger partial charge is 0.265 e. The zero-order chi connectivity index (χ0) is 20.1. The van der Waals surface area contributed by atoms with Crippen LogP contribution in [-0.2, 0) is 0 Å². The monoisotopic (exact) mass is 412 g/mol. The summed E-state index contributed by atoms with van der Waals surface area (Å²) in [6.45, 7) is 8.06. The van der Waals surface area contributed by atoms with E-state index in [1.165, 1.54) is 37.3 Å². The molecule has 2 saturated heterocycles. The van der Waals surface area contributed by atoms with E-state index in [4.69, 9.17) is 0 Å². The molecule has 0 saturated carbocycles. The van der Waals surface area contributed by atoms with Gasteiger partial charge in [-0.3, -0.25) is 14.5 Å². The number of rotatable bonds is 6. The van der Waals surface area contributed by atoms with Gasteiger partial charge in [0.25, 0.3) is 11.8 Å². The minimum atomic E-state index is -0.142. The molecule has 2 fully saturated rings. The maximum absolute atomic E-state index is 12.9. The predicted octanol–water partition coefficient (Wildman–Crippen LogP) is 2.85. The number of benzene rings is 1. The first-order valence-electron chi connectivity index (χ1n) is 10.4. The lowest BCUT2D eigenvalue weighted by molar-refractivity contribution is 0.0626. The largest absolute Gasteiger partial charge is 0.336 e. The van der Waals surface area contributed by atoms with Crippen LogP contribution in [0.4, 0.5) is 5.69 Å². The summed E-state index contributed by atoms with van der Waals surface area (Å²) in [6, 6.07) is 10.9. The Hall–Kier alpha value is -2.22. The van der Waals surface area contributed by atoms with Gasteiger partial charge in [0.05, 0.1) is 4.88 Å². The van der Waals surface area contributed by atoms with Crippen molar-refractivity contribution in [3.8, 4) is 0 Å². The summed E-state index contributed by atoms with van der Waals surface area (Å²) in [7, 11) is 0. The van der Waals surface area contributed by atoms with E-state index in [2.05, 4.69) is 15.1 Å². The van der Waals surface area contributed by atoms with Crippen LogP contribution < -0.4 is 5.32 Å². The lowest BCUT2D eigenvalue weighted by Crippen LogP contribution is -2.50. The summed E-state index contributed by atoms with van der Waals surface area (Å²) < 4.78 is 0. The van der Waals surface area contributed by atoms with Gasteiger partial charge in [-0.25, -0.2) is 0 Å². The fraction of sp³-hybridized carbons (Fsp3) is 0.455. The van der Waals surface area contributed by atoms with E-state index in [1.54, 1.807) is 12.1 Å². The average Bonchev–Trinajstić information content (AvgIpc) is 3.46. The standard InChI is InChI=1S/C22H28N4O2S/c27-21(20-7-4-16-29-20)23-19-6-3-5-18(17-19)22(28)26-14-12-25(13-15-26)11-10-24-8-1-2-9-24/h3-7,16-17H,1-2,8-15H2,(H,23,27). The number of carbonyl (C=O) groups is 2. The molecule has 1 aromatic carbocycles. The van der Waals surface area contributed by atoms with Crippen molar-refractivity contribution in [3.05, 3.63) is 52.2 Å². The van der Waals surface area contributed by atoms with Crippen LogP contribution in [0, 0.1) is 0 Å². The van der Waals surface area contributed by atoms with Crippen molar-refractivity contribution in [3.63, 3.8) is 0 Å². The number of nitrogens with one attached hydrogen (secondary N) is 1. The van der Waals surface area contributed by atoms with Crippen LogP contribution >= 0.6 is 11.3 Å². The van der Waals surface area contributed by atoms with E-state index < -0.39 is 0 Å². The minimum Gasteiger partial charge on any atom is -0.336 e. The second-order valence-electron chi connectivity index (χ2n) is 7.69. The van der Waals surface area contributed by atoms with Crippen LogP contribution in [0.2, 0.25) is 0 Å².